The average molecular weight is 266 g/mol. The lowest BCUT2D eigenvalue weighted by Gasteiger charge is -2.37. The lowest BCUT2D eigenvalue weighted by Crippen LogP contribution is -2.39. The van der Waals surface area contributed by atoms with Crippen LogP contribution in [0.5, 0.6) is 0 Å². The van der Waals surface area contributed by atoms with Crippen molar-refractivity contribution >= 4 is 5.69 Å². The first kappa shape index (κ1) is 13.2. The Balaban J connectivity index is 1.87. The second-order valence-electron chi connectivity index (χ2n) is 5.67. The summed E-state index contributed by atoms with van der Waals surface area (Å²) in [6.07, 6.45) is 2.25. The Kier molecular flexibility index (Phi) is 3.75. The zero-order valence-electron chi connectivity index (χ0n) is 12.0. The number of para-hydroxylation sites is 1. The fourth-order valence-corrected chi connectivity index (χ4v) is 3.30. The van der Waals surface area contributed by atoms with Crippen molar-refractivity contribution in [3.05, 3.63) is 65.7 Å². The topological polar surface area (TPSA) is 29.3 Å². The highest BCUT2D eigenvalue weighted by Gasteiger charge is 2.28. The summed E-state index contributed by atoms with van der Waals surface area (Å²) in [5.41, 5.74) is 10.2. The highest BCUT2D eigenvalue weighted by atomic mass is 15.1. The first-order chi connectivity index (χ1) is 9.79. The van der Waals surface area contributed by atoms with Crippen LogP contribution < -0.4 is 10.6 Å². The van der Waals surface area contributed by atoms with Gasteiger partial charge in [-0.1, -0.05) is 42.5 Å². The molecule has 2 nitrogen and oxygen atoms in total. The first-order valence-electron chi connectivity index (χ1n) is 7.35. The fourth-order valence-electron chi connectivity index (χ4n) is 3.30. The van der Waals surface area contributed by atoms with Gasteiger partial charge in [0.1, 0.15) is 0 Å². The van der Waals surface area contributed by atoms with E-state index < -0.39 is 0 Å². The zero-order valence-corrected chi connectivity index (χ0v) is 12.0. The molecule has 2 aromatic carbocycles. The van der Waals surface area contributed by atoms with E-state index in [1.165, 1.54) is 16.8 Å². The molecule has 0 saturated carbocycles. The molecule has 0 radical (unpaired) electrons. The van der Waals surface area contributed by atoms with Crippen molar-refractivity contribution in [2.75, 3.05) is 18.5 Å². The van der Waals surface area contributed by atoms with Crippen molar-refractivity contribution < 1.29 is 0 Å². The molecule has 104 valence electrons. The van der Waals surface area contributed by atoms with Crippen LogP contribution in [-0.2, 0) is 6.42 Å². The number of fused-ring (bicyclic) bond motifs is 1. The van der Waals surface area contributed by atoms with Gasteiger partial charge in [0.2, 0.25) is 0 Å². The third kappa shape index (κ3) is 2.44. The Morgan fingerprint density at radius 2 is 1.75 bits per heavy atom. The monoisotopic (exact) mass is 266 g/mol. The molecule has 1 aliphatic rings. The first-order valence-corrected chi connectivity index (χ1v) is 7.35. The highest BCUT2D eigenvalue weighted by Crippen LogP contribution is 2.34. The van der Waals surface area contributed by atoms with E-state index in [-0.39, 0.29) is 0 Å². The Morgan fingerprint density at radius 3 is 2.50 bits per heavy atom. The Hall–Kier alpha value is -1.80. The van der Waals surface area contributed by atoms with E-state index in [0.717, 1.165) is 19.4 Å². The highest BCUT2D eigenvalue weighted by molar-refractivity contribution is 5.48. The third-order valence-electron chi connectivity index (χ3n) is 4.50. The van der Waals surface area contributed by atoms with E-state index in [2.05, 4.69) is 66.5 Å². The fraction of sp³-hybridized carbons (Fsp3) is 0.333. The van der Waals surface area contributed by atoms with Gasteiger partial charge in [-0.15, -0.1) is 0 Å². The molecule has 3 rings (SSSR count). The number of likely N-dealkylation sites (N-methyl/N-ethyl adjacent to an activating group) is 1. The van der Waals surface area contributed by atoms with Crippen LogP contribution in [0, 0.1) is 0 Å². The summed E-state index contributed by atoms with van der Waals surface area (Å²) >= 11 is 0. The predicted molar refractivity (Wildman–Crippen MR) is 85.2 cm³/mol. The lowest BCUT2D eigenvalue weighted by atomic mass is 9.79. The molecule has 0 bridgehead atoms. The largest absolute Gasteiger partial charge is 0.371 e. The van der Waals surface area contributed by atoms with E-state index in [4.69, 9.17) is 5.73 Å². The van der Waals surface area contributed by atoms with Gasteiger partial charge in [0, 0.05) is 18.8 Å². The number of nitrogens with two attached hydrogens (primary N) is 1. The molecule has 0 saturated heterocycles. The number of nitrogens with zero attached hydrogens (tertiary/aromatic N) is 1. The maximum absolute atomic E-state index is 6.00. The number of anilines is 1. The Bertz CT molecular complexity index is 565. The van der Waals surface area contributed by atoms with E-state index >= 15 is 0 Å². The van der Waals surface area contributed by atoms with E-state index in [0.29, 0.717) is 12.0 Å². The normalized spacial score (nSPS) is 21.3. The third-order valence-corrected chi connectivity index (χ3v) is 4.50. The molecule has 0 heterocycles. The molecule has 0 aliphatic heterocycles. The second kappa shape index (κ2) is 5.68. The molecule has 20 heavy (non-hydrogen) atoms. The molecule has 2 aromatic rings. The molecule has 2 unspecified atom stereocenters. The summed E-state index contributed by atoms with van der Waals surface area (Å²) in [6.45, 7) is 0.732. The molecule has 1 aliphatic carbocycles. The van der Waals surface area contributed by atoms with Gasteiger partial charge in [0.25, 0.3) is 0 Å². The van der Waals surface area contributed by atoms with Crippen LogP contribution in [-0.4, -0.2) is 19.6 Å². The molecule has 2 N–H and O–H groups in total. The summed E-state index contributed by atoms with van der Waals surface area (Å²) in [7, 11) is 2.20. The Labute approximate surface area is 121 Å². The van der Waals surface area contributed by atoms with Crippen molar-refractivity contribution in [3.8, 4) is 0 Å². The van der Waals surface area contributed by atoms with Crippen LogP contribution in [0.15, 0.2) is 54.6 Å². The summed E-state index contributed by atoms with van der Waals surface area (Å²) in [6, 6.07) is 19.9. The molecule has 2 atom stereocenters. The van der Waals surface area contributed by atoms with Crippen molar-refractivity contribution in [2.45, 2.75) is 24.8 Å². The molecule has 0 amide bonds. The smallest absolute Gasteiger partial charge is 0.0366 e. The standard InChI is InChI=1S/C18H22N2/c1-20(16-8-3-2-4-9-16)17-11-14-7-5-6-10-18(14)15(12-17)13-19/h2-10,15,17H,11-13,19H2,1H3. The summed E-state index contributed by atoms with van der Waals surface area (Å²) in [5, 5.41) is 0. The van der Waals surface area contributed by atoms with Gasteiger partial charge in [-0.3, -0.25) is 0 Å². The van der Waals surface area contributed by atoms with Crippen LogP contribution in [0.25, 0.3) is 0 Å². The van der Waals surface area contributed by atoms with Gasteiger partial charge in [-0.2, -0.15) is 0 Å². The van der Waals surface area contributed by atoms with Gasteiger partial charge in [0.05, 0.1) is 0 Å². The lowest BCUT2D eigenvalue weighted by molar-refractivity contribution is 0.477. The van der Waals surface area contributed by atoms with Gasteiger partial charge < -0.3 is 10.6 Å². The summed E-state index contributed by atoms with van der Waals surface area (Å²) in [4.78, 5) is 2.40. The Morgan fingerprint density at radius 1 is 1.05 bits per heavy atom. The van der Waals surface area contributed by atoms with E-state index in [1.807, 2.05) is 0 Å². The van der Waals surface area contributed by atoms with Crippen LogP contribution in [0.2, 0.25) is 0 Å². The zero-order chi connectivity index (χ0) is 13.9. The second-order valence-corrected chi connectivity index (χ2v) is 5.67. The number of rotatable bonds is 3. The van der Waals surface area contributed by atoms with Crippen molar-refractivity contribution in [2.24, 2.45) is 5.73 Å². The van der Waals surface area contributed by atoms with Crippen LogP contribution in [0.1, 0.15) is 23.5 Å². The number of hydrogen-bond donors (Lipinski definition) is 1. The van der Waals surface area contributed by atoms with Crippen molar-refractivity contribution in [3.63, 3.8) is 0 Å². The summed E-state index contributed by atoms with van der Waals surface area (Å²) < 4.78 is 0. The van der Waals surface area contributed by atoms with Crippen molar-refractivity contribution in [1.82, 2.24) is 0 Å². The van der Waals surface area contributed by atoms with E-state index in [9.17, 15) is 0 Å². The van der Waals surface area contributed by atoms with Crippen LogP contribution in [0.4, 0.5) is 5.69 Å². The molecular formula is C18H22N2. The SMILES string of the molecule is CN(c1ccccc1)C1Cc2ccccc2C(CN)C1. The molecule has 0 aromatic heterocycles. The van der Waals surface area contributed by atoms with Crippen molar-refractivity contribution in [1.29, 1.82) is 0 Å². The molecule has 0 fully saturated rings. The summed E-state index contributed by atoms with van der Waals surface area (Å²) in [5.74, 6) is 0.483. The maximum Gasteiger partial charge on any atom is 0.0366 e. The molecular weight excluding hydrogens is 244 g/mol. The number of hydrogen-bond acceptors (Lipinski definition) is 2. The van der Waals surface area contributed by atoms with Gasteiger partial charge >= 0.3 is 0 Å². The number of benzene rings is 2. The average Bonchev–Trinajstić information content (AvgIpc) is 2.54. The molecule has 0 spiro atoms. The van der Waals surface area contributed by atoms with Crippen LogP contribution >= 0.6 is 0 Å². The quantitative estimate of drug-likeness (QED) is 0.924. The molecule has 2 heteroatoms. The van der Waals surface area contributed by atoms with Gasteiger partial charge in [-0.25, -0.2) is 0 Å². The maximum atomic E-state index is 6.00. The predicted octanol–water partition coefficient (Wildman–Crippen LogP) is 3.18. The van der Waals surface area contributed by atoms with Gasteiger partial charge in [-0.05, 0) is 48.6 Å². The van der Waals surface area contributed by atoms with Gasteiger partial charge in [0.15, 0.2) is 0 Å². The minimum absolute atomic E-state index is 0.483. The van der Waals surface area contributed by atoms with Crippen LogP contribution in [0.3, 0.4) is 0 Å². The minimum Gasteiger partial charge on any atom is -0.371 e. The minimum atomic E-state index is 0.483. The van der Waals surface area contributed by atoms with E-state index in [1.54, 1.807) is 0 Å².